The minimum Gasteiger partial charge on any atom is -0.491 e. The third kappa shape index (κ3) is 24.8. The van der Waals surface area contributed by atoms with Crippen molar-refractivity contribution in [3.63, 3.8) is 0 Å². The number of carbonyl (C=O) groups is 4. The Hall–Kier alpha value is -3.34. The van der Waals surface area contributed by atoms with Crippen LogP contribution in [0.2, 0.25) is 0 Å². The van der Waals surface area contributed by atoms with Gasteiger partial charge in [-0.05, 0) is 114 Å². The largest absolute Gasteiger partial charge is 0.491 e. The number of carbonyl (C=O) groups excluding carboxylic acids is 4. The first-order valence-electron chi connectivity index (χ1n) is 21.5. The Bertz CT molecular complexity index is 1400. The van der Waals surface area contributed by atoms with Gasteiger partial charge in [0.1, 0.15) is 40.8 Å². The molecule has 1 aliphatic rings. The van der Waals surface area contributed by atoms with Gasteiger partial charge in [-0.1, -0.05) is 12.1 Å². The summed E-state index contributed by atoms with van der Waals surface area (Å²) in [5, 5.41) is 0. The highest BCUT2D eigenvalue weighted by atomic mass is 16.6. The molecule has 60 heavy (non-hydrogen) atoms. The van der Waals surface area contributed by atoms with Gasteiger partial charge in [-0.15, -0.1) is 0 Å². The molecule has 0 saturated carbocycles. The van der Waals surface area contributed by atoms with E-state index in [1.165, 1.54) is 0 Å². The molecular weight excluding hydrogens is 773 g/mol. The normalized spacial score (nSPS) is 16.9. The second-order valence-corrected chi connectivity index (χ2v) is 19.2. The average molecular weight is 851 g/mol. The smallest absolute Gasteiger partial charge is 0.324 e. The third-order valence-electron chi connectivity index (χ3n) is 8.73. The van der Waals surface area contributed by atoms with Crippen LogP contribution in [0, 0.1) is 0 Å². The van der Waals surface area contributed by atoms with Crippen LogP contribution in [0.15, 0.2) is 24.3 Å². The minimum atomic E-state index is -0.743. The molecule has 1 heterocycles. The van der Waals surface area contributed by atoms with Crippen LogP contribution in [-0.4, -0.2) is 177 Å². The number of rotatable bonds is 18. The lowest BCUT2D eigenvalue weighted by atomic mass is 10.0. The molecule has 0 amide bonds. The first kappa shape index (κ1) is 52.8. The number of hydrogen-bond donors (Lipinski definition) is 0. The van der Waals surface area contributed by atoms with Gasteiger partial charge in [0.25, 0.3) is 0 Å². The fraction of sp³-hybridized carbons (Fsp3) is 0.778. The number of hydrogen-bond acceptors (Lipinski definition) is 15. The lowest BCUT2D eigenvalue weighted by Crippen LogP contribution is -2.53. The van der Waals surface area contributed by atoms with Gasteiger partial charge in [0, 0.05) is 59.0 Å². The lowest BCUT2D eigenvalue weighted by molar-refractivity contribution is -0.163. The Kier molecular flexibility index (Phi) is 21.9. The van der Waals surface area contributed by atoms with Gasteiger partial charge in [0.15, 0.2) is 0 Å². The van der Waals surface area contributed by atoms with E-state index in [-0.39, 0.29) is 43.5 Å². The third-order valence-corrected chi connectivity index (χ3v) is 8.73. The Labute approximate surface area is 360 Å². The minimum absolute atomic E-state index is 0.0201. The molecule has 0 aromatic heterocycles. The van der Waals surface area contributed by atoms with Crippen molar-refractivity contribution >= 4 is 23.9 Å². The molecule has 0 unspecified atom stereocenters. The first-order valence-corrected chi connectivity index (χ1v) is 21.5. The SMILES string of the molecule is CCOCCOCCOc1ccc(C[C@@H](C(=O)OC(C)(C)C)N2CCN(CC(=O)OC(C)(C)C)CCN(CC(=O)OC(C)(C)C)CCN(CC(=O)OC(C)(C)C)CC2)cc1. The van der Waals surface area contributed by atoms with Gasteiger partial charge in [0.05, 0.1) is 39.5 Å². The lowest BCUT2D eigenvalue weighted by Gasteiger charge is -2.37. The molecule has 2 rings (SSSR count). The van der Waals surface area contributed by atoms with Crippen molar-refractivity contribution in [2.45, 2.75) is 125 Å². The van der Waals surface area contributed by atoms with E-state index in [2.05, 4.69) is 4.90 Å². The van der Waals surface area contributed by atoms with E-state index in [0.717, 1.165) is 5.56 Å². The van der Waals surface area contributed by atoms with Crippen LogP contribution in [0.5, 0.6) is 5.75 Å². The molecule has 1 aromatic carbocycles. The number of benzene rings is 1. The molecule has 15 nitrogen and oxygen atoms in total. The molecular formula is C45H78N4O11. The molecule has 1 aliphatic heterocycles. The monoisotopic (exact) mass is 851 g/mol. The zero-order valence-corrected chi connectivity index (χ0v) is 39.2. The predicted molar refractivity (Wildman–Crippen MR) is 231 cm³/mol. The average Bonchev–Trinajstić information content (AvgIpc) is 3.07. The molecule has 1 aromatic rings. The van der Waals surface area contributed by atoms with E-state index in [4.69, 9.17) is 33.2 Å². The second kappa shape index (κ2) is 24.9. The molecule has 0 aliphatic carbocycles. The van der Waals surface area contributed by atoms with Crippen LogP contribution in [0.1, 0.15) is 95.6 Å². The highest BCUT2D eigenvalue weighted by molar-refractivity contribution is 5.77. The van der Waals surface area contributed by atoms with Gasteiger partial charge < -0.3 is 33.2 Å². The fourth-order valence-electron chi connectivity index (χ4n) is 6.27. The van der Waals surface area contributed by atoms with Gasteiger partial charge in [-0.3, -0.25) is 38.8 Å². The standard InChI is InChI=1S/C45H78N4O11/c1-14-54-27-28-55-29-30-56-36-17-15-35(16-18-36)31-37(41(53)60-45(11,12)13)49-25-23-47(33-39(51)58-43(5,6)7)21-19-46(32-38(50)57-42(2,3)4)20-22-48(24-26-49)34-40(52)59-44(8,9)10/h15-18,37H,14,19-34H2,1-13H3/t37-/m0/s1. The Morgan fingerprint density at radius 3 is 1.27 bits per heavy atom. The van der Waals surface area contributed by atoms with E-state index < -0.39 is 28.4 Å². The molecule has 0 radical (unpaired) electrons. The number of nitrogens with zero attached hydrogens (tertiary/aromatic N) is 4. The topological polar surface area (TPSA) is 146 Å². The van der Waals surface area contributed by atoms with Crippen molar-refractivity contribution in [2.24, 2.45) is 0 Å². The van der Waals surface area contributed by atoms with Crippen LogP contribution in [0.4, 0.5) is 0 Å². The van der Waals surface area contributed by atoms with E-state index in [1.807, 2.05) is 129 Å². The summed E-state index contributed by atoms with van der Waals surface area (Å²) in [7, 11) is 0. The zero-order chi connectivity index (χ0) is 45.1. The zero-order valence-electron chi connectivity index (χ0n) is 39.2. The highest BCUT2D eigenvalue weighted by Gasteiger charge is 2.33. The molecule has 0 N–H and O–H groups in total. The molecule has 1 atom stereocenters. The Balaban J connectivity index is 2.47. The van der Waals surface area contributed by atoms with Crippen molar-refractivity contribution in [3.8, 4) is 5.75 Å². The summed E-state index contributed by atoms with van der Waals surface area (Å²) in [4.78, 5) is 61.8. The van der Waals surface area contributed by atoms with Crippen molar-refractivity contribution in [1.82, 2.24) is 19.6 Å². The molecule has 15 heteroatoms. The number of ether oxygens (including phenoxy) is 7. The second-order valence-electron chi connectivity index (χ2n) is 19.2. The van der Waals surface area contributed by atoms with Crippen LogP contribution in [0.3, 0.4) is 0 Å². The summed E-state index contributed by atoms with van der Waals surface area (Å²) in [5.74, 6) is -0.790. The maximum absolute atomic E-state index is 14.2. The molecule has 1 saturated heterocycles. The summed E-state index contributed by atoms with van der Waals surface area (Å²) in [6.07, 6.45) is 0.345. The molecule has 0 bridgehead atoms. The van der Waals surface area contributed by atoms with Gasteiger partial charge in [0.2, 0.25) is 0 Å². The summed E-state index contributed by atoms with van der Waals surface area (Å²) in [6, 6.07) is 6.95. The molecule has 1 fully saturated rings. The van der Waals surface area contributed by atoms with Crippen molar-refractivity contribution in [1.29, 1.82) is 0 Å². The summed E-state index contributed by atoms with van der Waals surface area (Å²) < 4.78 is 39.9. The fourth-order valence-corrected chi connectivity index (χ4v) is 6.27. The van der Waals surface area contributed by atoms with Crippen LogP contribution in [-0.2, 0) is 54.0 Å². The van der Waals surface area contributed by atoms with Crippen molar-refractivity contribution in [3.05, 3.63) is 29.8 Å². The maximum Gasteiger partial charge on any atom is 0.324 e. The van der Waals surface area contributed by atoms with Gasteiger partial charge in [-0.25, -0.2) is 0 Å². The van der Waals surface area contributed by atoms with Crippen molar-refractivity contribution in [2.75, 3.05) is 105 Å². The Morgan fingerprint density at radius 1 is 0.517 bits per heavy atom. The quantitative estimate of drug-likeness (QED) is 0.115. The van der Waals surface area contributed by atoms with E-state index in [1.54, 1.807) is 0 Å². The first-order chi connectivity index (χ1) is 27.8. The van der Waals surface area contributed by atoms with Crippen LogP contribution < -0.4 is 4.74 Å². The summed E-state index contributed by atoms with van der Waals surface area (Å²) >= 11 is 0. The van der Waals surface area contributed by atoms with Gasteiger partial charge in [-0.2, -0.15) is 0 Å². The predicted octanol–water partition coefficient (Wildman–Crippen LogP) is 4.62. The van der Waals surface area contributed by atoms with E-state index >= 15 is 0 Å². The van der Waals surface area contributed by atoms with Crippen molar-refractivity contribution < 1.29 is 52.3 Å². The summed E-state index contributed by atoms with van der Waals surface area (Å²) in [5.41, 5.74) is -1.83. The molecule has 344 valence electrons. The van der Waals surface area contributed by atoms with Crippen LogP contribution >= 0.6 is 0 Å². The van der Waals surface area contributed by atoms with Crippen LogP contribution in [0.25, 0.3) is 0 Å². The maximum atomic E-state index is 14.2. The van der Waals surface area contributed by atoms with Gasteiger partial charge >= 0.3 is 23.9 Å². The summed E-state index contributed by atoms with van der Waals surface area (Å²) in [6.45, 7) is 29.9. The van der Waals surface area contributed by atoms with E-state index in [0.29, 0.717) is 97.6 Å². The van der Waals surface area contributed by atoms with E-state index in [9.17, 15) is 19.2 Å². The molecule has 0 spiro atoms. The number of esters is 4. The highest BCUT2D eigenvalue weighted by Crippen LogP contribution is 2.20. The Morgan fingerprint density at radius 2 is 0.883 bits per heavy atom.